The van der Waals surface area contributed by atoms with Gasteiger partial charge < -0.3 is 13.6 Å². The molecule has 6 heteroatoms. The zero-order valence-corrected chi connectivity index (χ0v) is 18.3. The first-order valence-corrected chi connectivity index (χ1v) is 14.8. The topological polar surface area (TPSA) is 44.8 Å². The molecule has 140 valence electrons. The molecule has 0 saturated carbocycles. The van der Waals surface area contributed by atoms with Crippen molar-refractivity contribution in [2.75, 3.05) is 19.8 Å². The summed E-state index contributed by atoms with van der Waals surface area (Å²) in [5.74, 6) is -0.365. The SMILES string of the molecule is C=C(C)C(=O)OCCOCCC[Si](C)(O[Si](C)(C)C)c1ccccc1. The molecule has 1 rings (SSSR count). The van der Waals surface area contributed by atoms with Crippen molar-refractivity contribution in [3.05, 3.63) is 42.5 Å². The first-order valence-electron chi connectivity index (χ1n) is 8.80. The summed E-state index contributed by atoms with van der Waals surface area (Å²) in [6.07, 6.45) is 0.941. The number of benzene rings is 1. The van der Waals surface area contributed by atoms with Gasteiger partial charge in [-0.2, -0.15) is 0 Å². The van der Waals surface area contributed by atoms with E-state index >= 15 is 0 Å². The summed E-state index contributed by atoms with van der Waals surface area (Å²) in [7, 11) is -3.60. The highest BCUT2D eigenvalue weighted by Gasteiger charge is 2.35. The Hall–Kier alpha value is -1.22. The van der Waals surface area contributed by atoms with Crippen LogP contribution in [0.4, 0.5) is 0 Å². The predicted molar refractivity (Wildman–Crippen MR) is 108 cm³/mol. The van der Waals surface area contributed by atoms with Gasteiger partial charge in [0.25, 0.3) is 0 Å². The van der Waals surface area contributed by atoms with Gasteiger partial charge in [0.05, 0.1) is 6.61 Å². The third-order valence-corrected chi connectivity index (χ3v) is 10.8. The van der Waals surface area contributed by atoms with Crippen molar-refractivity contribution < 1.29 is 18.4 Å². The van der Waals surface area contributed by atoms with Crippen LogP contribution in [-0.2, 0) is 18.4 Å². The van der Waals surface area contributed by atoms with E-state index in [9.17, 15) is 4.79 Å². The number of hydrogen-bond donors (Lipinski definition) is 0. The standard InChI is InChI=1S/C19H32O4Si2/c1-17(2)19(20)22-15-14-21-13-10-16-25(6,23-24(3,4)5)18-11-8-7-9-12-18/h7-9,11-12H,1,10,13-16H2,2-6H3. The molecular weight excluding hydrogens is 348 g/mol. The predicted octanol–water partition coefficient (Wildman–Crippen LogP) is 3.85. The second kappa shape index (κ2) is 10.1. The van der Waals surface area contributed by atoms with Crippen molar-refractivity contribution in [1.29, 1.82) is 0 Å². The van der Waals surface area contributed by atoms with Gasteiger partial charge in [-0.05, 0) is 50.8 Å². The Kier molecular flexibility index (Phi) is 8.78. The lowest BCUT2D eigenvalue weighted by molar-refractivity contribution is -0.140. The normalized spacial score (nSPS) is 14.0. The van der Waals surface area contributed by atoms with Crippen LogP contribution in [0.5, 0.6) is 0 Å². The highest BCUT2D eigenvalue weighted by molar-refractivity contribution is 6.92. The van der Waals surface area contributed by atoms with E-state index in [1.54, 1.807) is 6.92 Å². The minimum Gasteiger partial charge on any atom is -0.460 e. The molecule has 1 aromatic carbocycles. The Morgan fingerprint density at radius 1 is 1.04 bits per heavy atom. The van der Waals surface area contributed by atoms with Gasteiger partial charge in [-0.1, -0.05) is 36.9 Å². The Balaban J connectivity index is 2.44. The van der Waals surface area contributed by atoms with E-state index in [1.165, 1.54) is 5.19 Å². The molecule has 0 aliphatic carbocycles. The van der Waals surface area contributed by atoms with Gasteiger partial charge in [-0.3, -0.25) is 0 Å². The largest absolute Gasteiger partial charge is 0.460 e. The average Bonchev–Trinajstić information content (AvgIpc) is 2.52. The van der Waals surface area contributed by atoms with Crippen LogP contribution < -0.4 is 5.19 Å². The molecular formula is C19H32O4Si2. The van der Waals surface area contributed by atoms with Gasteiger partial charge >= 0.3 is 5.97 Å². The maximum atomic E-state index is 11.3. The monoisotopic (exact) mass is 380 g/mol. The number of carbonyl (C=O) groups excluding carboxylic acids is 1. The van der Waals surface area contributed by atoms with Gasteiger partial charge in [0.1, 0.15) is 6.61 Å². The summed E-state index contributed by atoms with van der Waals surface area (Å²) in [4.78, 5) is 11.3. The van der Waals surface area contributed by atoms with E-state index in [0.29, 0.717) is 18.8 Å². The third kappa shape index (κ3) is 8.62. The molecule has 25 heavy (non-hydrogen) atoms. The third-order valence-electron chi connectivity index (χ3n) is 3.67. The fourth-order valence-electron chi connectivity index (χ4n) is 2.65. The van der Waals surface area contributed by atoms with E-state index in [4.69, 9.17) is 13.6 Å². The summed E-state index contributed by atoms with van der Waals surface area (Å²) in [6, 6.07) is 11.6. The number of esters is 1. The van der Waals surface area contributed by atoms with E-state index in [-0.39, 0.29) is 12.6 Å². The lowest BCUT2D eigenvalue weighted by atomic mass is 10.4. The molecule has 4 nitrogen and oxygen atoms in total. The Labute approximate surface area is 154 Å². The fourth-order valence-corrected chi connectivity index (χ4v) is 10.9. The smallest absolute Gasteiger partial charge is 0.333 e. The molecule has 0 saturated heterocycles. The summed E-state index contributed by atoms with van der Waals surface area (Å²) < 4.78 is 17.2. The molecule has 0 aliphatic heterocycles. The Bertz CT molecular complexity index is 554. The molecule has 0 bridgehead atoms. The summed E-state index contributed by atoms with van der Waals surface area (Å²) in [5, 5.41) is 1.34. The van der Waals surface area contributed by atoms with Crippen LogP contribution >= 0.6 is 0 Å². The van der Waals surface area contributed by atoms with E-state index in [2.05, 4.69) is 57.0 Å². The van der Waals surface area contributed by atoms with Crippen LogP contribution in [0.15, 0.2) is 42.5 Å². The van der Waals surface area contributed by atoms with E-state index in [0.717, 1.165) is 12.5 Å². The maximum absolute atomic E-state index is 11.3. The number of hydrogen-bond acceptors (Lipinski definition) is 4. The quantitative estimate of drug-likeness (QED) is 0.253. The van der Waals surface area contributed by atoms with Crippen LogP contribution in [0, 0.1) is 0 Å². The van der Waals surface area contributed by atoms with E-state index in [1.807, 2.05) is 6.07 Å². The number of carbonyl (C=O) groups is 1. The molecule has 0 aromatic heterocycles. The van der Waals surface area contributed by atoms with Crippen molar-refractivity contribution >= 4 is 27.8 Å². The molecule has 1 atom stereocenters. The lowest BCUT2D eigenvalue weighted by Gasteiger charge is -2.35. The van der Waals surface area contributed by atoms with Gasteiger partial charge in [0.15, 0.2) is 8.32 Å². The molecule has 0 N–H and O–H groups in total. The van der Waals surface area contributed by atoms with Crippen molar-refractivity contribution in [2.45, 2.75) is 45.6 Å². The maximum Gasteiger partial charge on any atom is 0.333 e. The first-order chi connectivity index (χ1) is 11.6. The molecule has 0 aliphatic rings. The van der Waals surface area contributed by atoms with Crippen LogP contribution in [0.2, 0.25) is 32.2 Å². The molecule has 0 amide bonds. The van der Waals surface area contributed by atoms with Crippen LogP contribution in [0.3, 0.4) is 0 Å². The minimum atomic E-state index is -1.98. The molecule has 0 fully saturated rings. The highest BCUT2D eigenvalue weighted by Crippen LogP contribution is 2.20. The molecule has 0 radical (unpaired) electrons. The summed E-state index contributed by atoms with van der Waals surface area (Å²) >= 11 is 0. The molecule has 0 heterocycles. The Morgan fingerprint density at radius 2 is 1.68 bits per heavy atom. The summed E-state index contributed by atoms with van der Waals surface area (Å²) in [5.41, 5.74) is 0.410. The average molecular weight is 381 g/mol. The van der Waals surface area contributed by atoms with Crippen molar-refractivity contribution in [3.8, 4) is 0 Å². The van der Waals surface area contributed by atoms with Gasteiger partial charge in [0, 0.05) is 12.2 Å². The molecule has 1 aromatic rings. The molecule has 0 spiro atoms. The highest BCUT2D eigenvalue weighted by atomic mass is 28.4. The second-order valence-electron chi connectivity index (χ2n) is 7.44. The van der Waals surface area contributed by atoms with Crippen LogP contribution in [-0.4, -0.2) is 42.4 Å². The van der Waals surface area contributed by atoms with Gasteiger partial charge in [-0.25, -0.2) is 4.79 Å². The second-order valence-corrected chi connectivity index (χ2v) is 16.0. The van der Waals surface area contributed by atoms with Crippen molar-refractivity contribution in [2.24, 2.45) is 0 Å². The van der Waals surface area contributed by atoms with Gasteiger partial charge in [-0.15, -0.1) is 0 Å². The molecule has 1 unspecified atom stereocenters. The number of rotatable bonds is 11. The van der Waals surface area contributed by atoms with Crippen molar-refractivity contribution in [3.63, 3.8) is 0 Å². The Morgan fingerprint density at radius 3 is 2.24 bits per heavy atom. The van der Waals surface area contributed by atoms with E-state index < -0.39 is 16.6 Å². The van der Waals surface area contributed by atoms with Crippen LogP contribution in [0.1, 0.15) is 13.3 Å². The first kappa shape index (κ1) is 21.8. The zero-order valence-electron chi connectivity index (χ0n) is 16.3. The lowest BCUT2D eigenvalue weighted by Crippen LogP contribution is -2.53. The van der Waals surface area contributed by atoms with Crippen molar-refractivity contribution in [1.82, 2.24) is 0 Å². The summed E-state index contributed by atoms with van der Waals surface area (Å²) in [6.45, 7) is 15.5. The number of ether oxygens (including phenoxy) is 2. The van der Waals surface area contributed by atoms with Crippen LogP contribution in [0.25, 0.3) is 0 Å². The fraction of sp³-hybridized carbons (Fsp3) is 0.526. The minimum absolute atomic E-state index is 0.268. The zero-order chi connectivity index (χ0) is 18.9. The van der Waals surface area contributed by atoms with Gasteiger partial charge in [0.2, 0.25) is 8.32 Å².